The molecule has 0 amide bonds. The summed E-state index contributed by atoms with van der Waals surface area (Å²) >= 11 is 10.4. The maximum Gasteiger partial charge on any atom is 0.306 e. The predicted molar refractivity (Wildman–Crippen MR) is 110 cm³/mol. The summed E-state index contributed by atoms with van der Waals surface area (Å²) in [6, 6.07) is 22.3. The second-order valence-electron chi connectivity index (χ2n) is 5.01. The van der Waals surface area contributed by atoms with Crippen molar-refractivity contribution in [3.8, 4) is 5.75 Å². The average molecular weight is 531 g/mol. The Morgan fingerprint density at radius 1 is 0.708 bits per heavy atom. The Morgan fingerprint density at radius 3 is 1.54 bits per heavy atom. The molecule has 3 rings (SSSR count). The maximum absolute atomic E-state index is 13.9. The molecule has 0 aliphatic carbocycles. The monoisotopic (exact) mass is 528 g/mol. The van der Waals surface area contributed by atoms with Gasteiger partial charge in [0.05, 0.1) is 19.6 Å². The van der Waals surface area contributed by atoms with Crippen LogP contribution >= 0.6 is 55.2 Å². The molecule has 3 aromatic carbocycles. The highest BCUT2D eigenvalue weighted by atomic mass is 79.9. The van der Waals surface area contributed by atoms with Crippen molar-refractivity contribution in [2.45, 2.75) is 0 Å². The van der Waals surface area contributed by atoms with Crippen molar-refractivity contribution in [1.82, 2.24) is 0 Å². The van der Waals surface area contributed by atoms with E-state index in [0.29, 0.717) is 16.4 Å². The van der Waals surface area contributed by atoms with Gasteiger partial charge >= 0.3 is 7.37 Å². The van der Waals surface area contributed by atoms with E-state index >= 15 is 0 Å². The summed E-state index contributed by atoms with van der Waals surface area (Å²) in [5.74, 6) is 0.509. The van der Waals surface area contributed by atoms with Crippen LogP contribution in [-0.2, 0) is 4.57 Å². The summed E-state index contributed by atoms with van der Waals surface area (Å²) in [7, 11) is -3.29. The Morgan fingerprint density at radius 2 is 1.12 bits per heavy atom. The van der Waals surface area contributed by atoms with E-state index in [0.717, 1.165) is 13.4 Å². The Hall–Kier alpha value is -0.870. The van der Waals surface area contributed by atoms with Crippen molar-refractivity contribution >= 4 is 65.8 Å². The first kappa shape index (κ1) is 17.9. The van der Waals surface area contributed by atoms with Crippen molar-refractivity contribution in [3.63, 3.8) is 0 Å². The fourth-order valence-corrected chi connectivity index (χ4v) is 7.01. The Labute approximate surface area is 166 Å². The topological polar surface area (TPSA) is 26.3 Å². The quantitative estimate of drug-likeness (QED) is 0.371. The maximum atomic E-state index is 13.9. The smallest absolute Gasteiger partial charge is 0.306 e. The highest BCUT2D eigenvalue weighted by Crippen LogP contribution is 2.49. The van der Waals surface area contributed by atoms with Gasteiger partial charge < -0.3 is 4.52 Å². The predicted octanol–water partition coefficient (Wildman–Crippen LogP) is 6.28. The number of benzene rings is 3. The minimum Gasteiger partial charge on any atom is -0.434 e. The Bertz CT molecular complexity index is 832. The van der Waals surface area contributed by atoms with Gasteiger partial charge in [-0.1, -0.05) is 52.3 Å². The van der Waals surface area contributed by atoms with Crippen molar-refractivity contribution < 1.29 is 9.09 Å². The van der Waals surface area contributed by atoms with E-state index in [1.807, 2.05) is 72.8 Å². The van der Waals surface area contributed by atoms with Crippen molar-refractivity contribution in [1.29, 1.82) is 0 Å². The van der Waals surface area contributed by atoms with Gasteiger partial charge in [0.25, 0.3) is 0 Å². The van der Waals surface area contributed by atoms with Gasteiger partial charge in [0.15, 0.2) is 5.75 Å². The molecule has 2 nitrogen and oxygen atoms in total. The minimum atomic E-state index is -3.29. The van der Waals surface area contributed by atoms with Crippen LogP contribution in [0.25, 0.3) is 0 Å². The SMILES string of the molecule is O=P(Oc1c(Br)cc(Br)cc1Br)(c1ccccc1)c1ccccc1. The zero-order chi connectivity index (χ0) is 17.2. The first-order valence-electron chi connectivity index (χ1n) is 7.06. The molecular formula is C18H12Br3O2P. The molecule has 6 heteroatoms. The van der Waals surface area contributed by atoms with Crippen LogP contribution < -0.4 is 15.1 Å². The molecule has 0 atom stereocenters. The third-order valence-electron chi connectivity index (χ3n) is 3.38. The molecule has 0 unspecified atom stereocenters. The third-order valence-corrected chi connectivity index (χ3v) is 7.41. The van der Waals surface area contributed by atoms with Gasteiger partial charge in [-0.05, 0) is 68.3 Å². The Balaban J connectivity index is 2.16. The van der Waals surface area contributed by atoms with Crippen LogP contribution in [0.2, 0.25) is 0 Å². The van der Waals surface area contributed by atoms with Crippen LogP contribution in [0.4, 0.5) is 0 Å². The first-order chi connectivity index (χ1) is 11.5. The molecule has 0 spiro atoms. The lowest BCUT2D eigenvalue weighted by molar-refractivity contribution is 0.500. The fourth-order valence-electron chi connectivity index (χ4n) is 2.25. The lowest BCUT2D eigenvalue weighted by Crippen LogP contribution is -2.20. The van der Waals surface area contributed by atoms with E-state index < -0.39 is 7.37 Å². The van der Waals surface area contributed by atoms with Gasteiger partial charge in [0, 0.05) is 4.47 Å². The van der Waals surface area contributed by atoms with Crippen molar-refractivity contribution in [3.05, 3.63) is 86.2 Å². The molecule has 0 saturated carbocycles. The molecule has 0 saturated heterocycles. The average Bonchev–Trinajstić information content (AvgIpc) is 2.59. The summed E-state index contributed by atoms with van der Waals surface area (Å²) in [6.45, 7) is 0. The van der Waals surface area contributed by atoms with Crippen LogP contribution in [0.5, 0.6) is 5.75 Å². The van der Waals surface area contributed by atoms with E-state index in [4.69, 9.17) is 4.52 Å². The lowest BCUT2D eigenvalue weighted by atomic mass is 10.3. The largest absolute Gasteiger partial charge is 0.434 e. The van der Waals surface area contributed by atoms with Crippen LogP contribution in [0.1, 0.15) is 0 Å². The van der Waals surface area contributed by atoms with Crippen LogP contribution in [0.3, 0.4) is 0 Å². The molecule has 3 aromatic rings. The zero-order valence-corrected chi connectivity index (χ0v) is 18.0. The van der Waals surface area contributed by atoms with Crippen LogP contribution in [-0.4, -0.2) is 0 Å². The molecule has 24 heavy (non-hydrogen) atoms. The molecule has 0 bridgehead atoms. The molecular weight excluding hydrogens is 519 g/mol. The van der Waals surface area contributed by atoms with Gasteiger partial charge in [0.2, 0.25) is 0 Å². The highest BCUT2D eigenvalue weighted by Gasteiger charge is 2.31. The normalized spacial score (nSPS) is 11.3. The second kappa shape index (κ2) is 7.57. The Kier molecular flexibility index (Phi) is 5.66. The summed E-state index contributed by atoms with van der Waals surface area (Å²) in [5, 5.41) is 1.30. The zero-order valence-electron chi connectivity index (χ0n) is 12.3. The third kappa shape index (κ3) is 3.70. The minimum absolute atomic E-state index is 0.509. The van der Waals surface area contributed by atoms with Crippen molar-refractivity contribution in [2.75, 3.05) is 0 Å². The molecule has 0 aliphatic heterocycles. The van der Waals surface area contributed by atoms with Gasteiger partial charge in [-0.25, -0.2) is 0 Å². The summed E-state index contributed by atoms with van der Waals surface area (Å²) in [6.07, 6.45) is 0. The van der Waals surface area contributed by atoms with Crippen LogP contribution in [0.15, 0.2) is 86.2 Å². The standard InChI is InChI=1S/C18H12Br3O2P/c19-13-11-16(20)18(17(21)12-13)23-24(22,14-7-3-1-4-8-14)15-9-5-2-6-10-15/h1-12H. The van der Waals surface area contributed by atoms with E-state index in [1.54, 1.807) is 0 Å². The van der Waals surface area contributed by atoms with Gasteiger partial charge in [-0.15, -0.1) is 0 Å². The van der Waals surface area contributed by atoms with Gasteiger partial charge in [0.1, 0.15) is 0 Å². The summed E-state index contributed by atoms with van der Waals surface area (Å²) in [5.41, 5.74) is 0. The molecule has 0 heterocycles. The van der Waals surface area contributed by atoms with E-state index in [-0.39, 0.29) is 0 Å². The first-order valence-corrected chi connectivity index (χ1v) is 11.1. The van der Waals surface area contributed by atoms with Crippen LogP contribution in [0, 0.1) is 0 Å². The van der Waals surface area contributed by atoms with E-state index in [9.17, 15) is 4.57 Å². The molecule has 0 radical (unpaired) electrons. The molecule has 0 aromatic heterocycles. The number of hydrogen-bond acceptors (Lipinski definition) is 2. The van der Waals surface area contributed by atoms with E-state index in [1.165, 1.54) is 0 Å². The molecule has 0 fully saturated rings. The summed E-state index contributed by atoms with van der Waals surface area (Å²) in [4.78, 5) is 0. The molecule has 122 valence electrons. The molecule has 0 aliphatic rings. The van der Waals surface area contributed by atoms with E-state index in [2.05, 4.69) is 47.8 Å². The van der Waals surface area contributed by atoms with Gasteiger partial charge in [-0.2, -0.15) is 0 Å². The lowest BCUT2D eigenvalue weighted by Gasteiger charge is -2.22. The fraction of sp³-hybridized carbons (Fsp3) is 0. The molecule has 0 N–H and O–H groups in total. The number of rotatable bonds is 4. The summed E-state index contributed by atoms with van der Waals surface area (Å²) < 4.78 is 22.4. The van der Waals surface area contributed by atoms with Crippen molar-refractivity contribution in [2.24, 2.45) is 0 Å². The second-order valence-corrected chi connectivity index (χ2v) is 9.96. The number of hydrogen-bond donors (Lipinski definition) is 0. The van der Waals surface area contributed by atoms with Gasteiger partial charge in [-0.3, -0.25) is 4.57 Å². The highest BCUT2D eigenvalue weighted by molar-refractivity contribution is 9.11. The number of halogens is 3.